The molecule has 2 aromatic rings. The lowest BCUT2D eigenvalue weighted by atomic mass is 10.2. The summed E-state index contributed by atoms with van der Waals surface area (Å²) in [5.41, 5.74) is 1.67. The maximum atomic E-state index is 8.55. The van der Waals surface area contributed by atoms with Crippen LogP contribution in [0.25, 0.3) is 0 Å². The van der Waals surface area contributed by atoms with E-state index in [0.717, 1.165) is 11.1 Å². The molecule has 2 aromatic heterocycles. The second kappa shape index (κ2) is 8.44. The molecule has 0 amide bonds. The normalized spacial score (nSPS) is 9.16. The van der Waals surface area contributed by atoms with Crippen molar-refractivity contribution >= 4 is 23.2 Å². The van der Waals surface area contributed by atoms with E-state index in [1.165, 1.54) is 0 Å². The second-order valence-corrected chi connectivity index (χ2v) is 4.25. The fourth-order valence-corrected chi connectivity index (χ4v) is 1.33. The highest BCUT2D eigenvalue weighted by Gasteiger charge is 1.90. The van der Waals surface area contributed by atoms with Gasteiger partial charge in [0.2, 0.25) is 0 Å². The number of aliphatic hydroxyl groups excluding tert-OH is 1. The zero-order valence-electron chi connectivity index (χ0n) is 9.92. The average molecular weight is 296 g/mol. The predicted octanol–water partition coefficient (Wildman–Crippen LogP) is 3.03. The molecule has 0 aliphatic rings. The van der Waals surface area contributed by atoms with Crippen LogP contribution in [0.5, 0.6) is 0 Å². The van der Waals surface area contributed by atoms with Gasteiger partial charge in [0, 0.05) is 12.4 Å². The molecule has 0 aliphatic heterocycles. The van der Waals surface area contributed by atoms with Gasteiger partial charge in [-0.15, -0.1) is 0 Å². The smallest absolute Gasteiger partial charge is 0.129 e. The van der Waals surface area contributed by atoms with E-state index < -0.39 is 0 Å². The fourth-order valence-electron chi connectivity index (χ4n) is 1.10. The lowest BCUT2D eigenvalue weighted by Crippen LogP contribution is -1.82. The summed E-state index contributed by atoms with van der Waals surface area (Å²) in [7, 11) is 0. The van der Waals surface area contributed by atoms with Crippen LogP contribution < -0.4 is 0 Å². The Hall–Kier alpha value is -1.67. The number of hydrogen-bond donors (Lipinski definition) is 1. The number of nitrogens with zero attached hydrogens (tertiary/aromatic N) is 3. The van der Waals surface area contributed by atoms with E-state index in [4.69, 9.17) is 33.6 Å². The van der Waals surface area contributed by atoms with Crippen molar-refractivity contribution in [1.82, 2.24) is 9.97 Å². The molecular formula is C13H11Cl2N3O. The SMILES string of the molecule is N#CCc1ccc(Cl)nc1.OCc1ccc(Cl)nc1. The Morgan fingerprint density at radius 2 is 1.53 bits per heavy atom. The van der Waals surface area contributed by atoms with E-state index in [2.05, 4.69) is 9.97 Å². The largest absolute Gasteiger partial charge is 0.392 e. The first kappa shape index (κ1) is 15.4. The number of nitriles is 1. The molecular weight excluding hydrogens is 285 g/mol. The highest BCUT2D eigenvalue weighted by atomic mass is 35.5. The standard InChI is InChI=1S/C7H5ClN2.C6H6ClNO/c8-7-2-1-6(3-4-9)5-10-7;7-6-2-1-5(4-9)3-8-6/h1-2,5H,3H2;1-3,9H,4H2. The van der Waals surface area contributed by atoms with Crippen molar-refractivity contribution in [2.45, 2.75) is 13.0 Å². The number of hydrogen-bond acceptors (Lipinski definition) is 4. The van der Waals surface area contributed by atoms with Crippen LogP contribution in [0, 0.1) is 11.3 Å². The molecule has 0 spiro atoms. The van der Waals surface area contributed by atoms with Crippen molar-refractivity contribution in [3.63, 3.8) is 0 Å². The maximum Gasteiger partial charge on any atom is 0.129 e. The lowest BCUT2D eigenvalue weighted by molar-refractivity contribution is 0.281. The van der Waals surface area contributed by atoms with Gasteiger partial charge in [0.25, 0.3) is 0 Å². The zero-order chi connectivity index (χ0) is 14.1. The summed E-state index contributed by atoms with van der Waals surface area (Å²) >= 11 is 11.0. The van der Waals surface area contributed by atoms with E-state index in [0.29, 0.717) is 16.7 Å². The van der Waals surface area contributed by atoms with Gasteiger partial charge in [-0.2, -0.15) is 5.26 Å². The molecule has 19 heavy (non-hydrogen) atoms. The van der Waals surface area contributed by atoms with E-state index in [9.17, 15) is 0 Å². The molecule has 0 aromatic carbocycles. The van der Waals surface area contributed by atoms with Crippen LogP contribution in [0.3, 0.4) is 0 Å². The monoisotopic (exact) mass is 295 g/mol. The quantitative estimate of drug-likeness (QED) is 0.865. The average Bonchev–Trinajstić information content (AvgIpc) is 2.43. The van der Waals surface area contributed by atoms with Crippen molar-refractivity contribution in [3.05, 3.63) is 58.1 Å². The number of halogens is 2. The molecule has 0 saturated carbocycles. The predicted molar refractivity (Wildman–Crippen MR) is 73.7 cm³/mol. The highest BCUT2D eigenvalue weighted by Crippen LogP contribution is 2.05. The number of pyridine rings is 2. The summed E-state index contributed by atoms with van der Waals surface area (Å²) in [4.78, 5) is 7.57. The zero-order valence-corrected chi connectivity index (χ0v) is 11.4. The first-order chi connectivity index (χ1) is 9.15. The molecule has 2 rings (SSSR count). The molecule has 0 bridgehead atoms. The third-order valence-electron chi connectivity index (χ3n) is 2.04. The molecule has 0 atom stereocenters. The number of rotatable bonds is 2. The third-order valence-corrected chi connectivity index (χ3v) is 2.49. The van der Waals surface area contributed by atoms with Crippen LogP contribution >= 0.6 is 23.2 Å². The minimum atomic E-state index is 0.0180. The Kier molecular flexibility index (Phi) is 6.83. The Morgan fingerprint density at radius 3 is 1.89 bits per heavy atom. The summed E-state index contributed by atoms with van der Waals surface area (Å²) < 4.78 is 0. The molecule has 98 valence electrons. The minimum Gasteiger partial charge on any atom is -0.392 e. The molecule has 1 N–H and O–H groups in total. The number of aliphatic hydroxyl groups is 1. The molecule has 4 nitrogen and oxygen atoms in total. The molecule has 0 unspecified atom stereocenters. The first-order valence-corrected chi connectivity index (χ1v) is 6.10. The third kappa shape index (κ3) is 6.16. The van der Waals surface area contributed by atoms with Crippen LogP contribution in [0.2, 0.25) is 10.3 Å². The van der Waals surface area contributed by atoms with Crippen molar-refractivity contribution in [2.24, 2.45) is 0 Å². The Bertz CT molecular complexity index is 535. The van der Waals surface area contributed by atoms with Gasteiger partial charge in [-0.3, -0.25) is 0 Å². The van der Waals surface area contributed by atoms with Gasteiger partial charge in [0.1, 0.15) is 10.3 Å². The molecule has 0 aliphatic carbocycles. The van der Waals surface area contributed by atoms with Gasteiger partial charge in [-0.25, -0.2) is 9.97 Å². The van der Waals surface area contributed by atoms with Gasteiger partial charge in [-0.05, 0) is 23.3 Å². The van der Waals surface area contributed by atoms with Crippen molar-refractivity contribution < 1.29 is 5.11 Å². The summed E-state index contributed by atoms with van der Waals surface area (Å²) in [6.07, 6.45) is 3.54. The molecule has 6 heteroatoms. The van der Waals surface area contributed by atoms with Crippen LogP contribution in [0.1, 0.15) is 11.1 Å². The van der Waals surface area contributed by atoms with Gasteiger partial charge in [0.15, 0.2) is 0 Å². The molecule has 0 radical (unpaired) electrons. The highest BCUT2D eigenvalue weighted by molar-refractivity contribution is 6.29. The van der Waals surface area contributed by atoms with Crippen molar-refractivity contribution in [3.8, 4) is 6.07 Å². The molecule has 2 heterocycles. The van der Waals surface area contributed by atoms with Crippen molar-refractivity contribution in [2.75, 3.05) is 0 Å². The number of aromatic nitrogens is 2. The van der Waals surface area contributed by atoms with Crippen LogP contribution in [-0.4, -0.2) is 15.1 Å². The fraction of sp³-hybridized carbons (Fsp3) is 0.154. The van der Waals surface area contributed by atoms with Gasteiger partial charge in [0.05, 0.1) is 19.1 Å². The van der Waals surface area contributed by atoms with Gasteiger partial charge in [-0.1, -0.05) is 35.3 Å². The lowest BCUT2D eigenvalue weighted by Gasteiger charge is -1.91. The Morgan fingerprint density at radius 1 is 1.00 bits per heavy atom. The summed E-state index contributed by atoms with van der Waals surface area (Å²) in [6, 6.07) is 8.86. The summed E-state index contributed by atoms with van der Waals surface area (Å²) in [5.74, 6) is 0. The topological polar surface area (TPSA) is 69.8 Å². The van der Waals surface area contributed by atoms with Crippen LogP contribution in [0.4, 0.5) is 0 Å². The molecule has 0 fully saturated rings. The summed E-state index contributed by atoms with van der Waals surface area (Å²) in [5, 5.41) is 17.7. The maximum absolute atomic E-state index is 8.55. The first-order valence-electron chi connectivity index (χ1n) is 5.34. The summed E-state index contributed by atoms with van der Waals surface area (Å²) in [6.45, 7) is 0.0180. The van der Waals surface area contributed by atoms with E-state index in [-0.39, 0.29) is 6.61 Å². The minimum absolute atomic E-state index is 0.0180. The Balaban J connectivity index is 0.000000191. The van der Waals surface area contributed by atoms with Crippen LogP contribution in [0.15, 0.2) is 36.7 Å². The van der Waals surface area contributed by atoms with Gasteiger partial charge < -0.3 is 5.11 Å². The van der Waals surface area contributed by atoms with Gasteiger partial charge >= 0.3 is 0 Å². The second-order valence-electron chi connectivity index (χ2n) is 3.47. The van der Waals surface area contributed by atoms with E-state index in [1.807, 2.05) is 6.07 Å². The van der Waals surface area contributed by atoms with E-state index in [1.54, 1.807) is 36.7 Å². The van der Waals surface area contributed by atoms with Crippen molar-refractivity contribution in [1.29, 1.82) is 5.26 Å². The van der Waals surface area contributed by atoms with E-state index >= 15 is 0 Å². The molecule has 0 saturated heterocycles. The van der Waals surface area contributed by atoms with Crippen LogP contribution in [-0.2, 0) is 13.0 Å². The Labute approximate surface area is 121 Å².